The average Bonchev–Trinajstić information content (AvgIpc) is 2.66. The fourth-order valence-corrected chi connectivity index (χ4v) is 2.34. The standard InChI is InChI=1S/C18H13F3N4O2/c19-18(20,21)27-14-5-1-3-12(9-14)17(26)25-11-15-16(24-8-7-23-15)13-4-2-6-22-10-13/h1-10H,11H2,(H,25,26). The van der Waals surface area contributed by atoms with Gasteiger partial charge in [0.1, 0.15) is 5.75 Å². The molecule has 0 aliphatic carbocycles. The molecular formula is C18H13F3N4O2. The number of carbonyl (C=O) groups is 1. The number of hydrogen-bond acceptors (Lipinski definition) is 5. The minimum absolute atomic E-state index is 0.0311. The molecule has 3 aromatic rings. The van der Waals surface area contributed by atoms with Crippen molar-refractivity contribution in [2.75, 3.05) is 0 Å². The second kappa shape index (κ2) is 7.81. The predicted octanol–water partition coefficient (Wildman–Crippen LogP) is 3.37. The molecule has 0 aliphatic heterocycles. The van der Waals surface area contributed by atoms with Crippen molar-refractivity contribution in [1.29, 1.82) is 0 Å². The zero-order valence-electron chi connectivity index (χ0n) is 13.8. The minimum Gasteiger partial charge on any atom is -0.406 e. The Balaban J connectivity index is 1.73. The smallest absolute Gasteiger partial charge is 0.406 e. The molecule has 0 saturated heterocycles. The summed E-state index contributed by atoms with van der Waals surface area (Å²) in [6, 6.07) is 8.38. The SMILES string of the molecule is O=C(NCc1nccnc1-c1cccnc1)c1cccc(OC(F)(F)F)c1. The highest BCUT2D eigenvalue weighted by Gasteiger charge is 2.31. The van der Waals surface area contributed by atoms with Gasteiger partial charge in [-0.3, -0.25) is 19.7 Å². The Hall–Kier alpha value is -3.49. The zero-order valence-corrected chi connectivity index (χ0v) is 13.8. The minimum atomic E-state index is -4.83. The molecule has 9 heteroatoms. The first kappa shape index (κ1) is 18.3. The number of alkyl halides is 3. The highest BCUT2D eigenvalue weighted by molar-refractivity contribution is 5.94. The number of carbonyl (C=O) groups excluding carboxylic acids is 1. The summed E-state index contributed by atoms with van der Waals surface area (Å²) >= 11 is 0. The van der Waals surface area contributed by atoms with E-state index in [1.54, 1.807) is 24.5 Å². The summed E-state index contributed by atoms with van der Waals surface area (Å²) in [5.41, 5.74) is 1.82. The molecule has 0 aliphatic rings. The van der Waals surface area contributed by atoms with Gasteiger partial charge in [-0.1, -0.05) is 6.07 Å². The van der Waals surface area contributed by atoms with E-state index >= 15 is 0 Å². The van der Waals surface area contributed by atoms with Crippen LogP contribution in [0.3, 0.4) is 0 Å². The van der Waals surface area contributed by atoms with Crippen molar-refractivity contribution in [3.63, 3.8) is 0 Å². The molecule has 0 radical (unpaired) electrons. The van der Waals surface area contributed by atoms with E-state index < -0.39 is 18.0 Å². The number of rotatable bonds is 5. The fraction of sp³-hybridized carbons (Fsp3) is 0.111. The van der Waals surface area contributed by atoms with Gasteiger partial charge < -0.3 is 10.1 Å². The molecule has 138 valence electrons. The van der Waals surface area contributed by atoms with Gasteiger partial charge in [-0.2, -0.15) is 0 Å². The van der Waals surface area contributed by atoms with E-state index in [0.29, 0.717) is 11.4 Å². The molecule has 1 N–H and O–H groups in total. The maximum Gasteiger partial charge on any atom is 0.573 e. The van der Waals surface area contributed by atoms with Crippen LogP contribution < -0.4 is 10.1 Å². The van der Waals surface area contributed by atoms with Gasteiger partial charge >= 0.3 is 6.36 Å². The highest BCUT2D eigenvalue weighted by Crippen LogP contribution is 2.23. The van der Waals surface area contributed by atoms with Crippen LogP contribution in [0.15, 0.2) is 61.2 Å². The number of nitrogens with one attached hydrogen (secondary N) is 1. The van der Waals surface area contributed by atoms with Crippen molar-refractivity contribution >= 4 is 5.91 Å². The van der Waals surface area contributed by atoms with Crippen LogP contribution in [0.25, 0.3) is 11.3 Å². The third-order valence-electron chi connectivity index (χ3n) is 3.46. The Morgan fingerprint density at radius 2 is 1.89 bits per heavy atom. The number of pyridine rings is 1. The molecule has 1 aromatic carbocycles. The summed E-state index contributed by atoms with van der Waals surface area (Å²) in [5.74, 6) is -1.03. The van der Waals surface area contributed by atoms with Crippen LogP contribution in [0, 0.1) is 0 Å². The van der Waals surface area contributed by atoms with Crippen molar-refractivity contribution < 1.29 is 22.7 Å². The number of hydrogen-bond donors (Lipinski definition) is 1. The number of amides is 1. The summed E-state index contributed by atoms with van der Waals surface area (Å²) in [4.78, 5) is 24.8. The lowest BCUT2D eigenvalue weighted by Gasteiger charge is -2.11. The first-order chi connectivity index (χ1) is 12.9. The van der Waals surface area contributed by atoms with Gasteiger partial charge in [-0.15, -0.1) is 13.2 Å². The third-order valence-corrected chi connectivity index (χ3v) is 3.46. The monoisotopic (exact) mass is 374 g/mol. The van der Waals surface area contributed by atoms with Gasteiger partial charge in [0, 0.05) is 35.9 Å². The number of halogens is 3. The Kier molecular flexibility index (Phi) is 5.30. The van der Waals surface area contributed by atoms with Crippen LogP contribution in [0.2, 0.25) is 0 Å². The zero-order chi connectivity index (χ0) is 19.3. The molecule has 0 unspecified atom stereocenters. The molecule has 0 saturated carbocycles. The summed E-state index contributed by atoms with van der Waals surface area (Å²) in [7, 11) is 0. The number of nitrogens with zero attached hydrogens (tertiary/aromatic N) is 3. The molecule has 2 heterocycles. The lowest BCUT2D eigenvalue weighted by Crippen LogP contribution is -2.24. The van der Waals surface area contributed by atoms with Crippen LogP contribution in [0.1, 0.15) is 16.1 Å². The van der Waals surface area contributed by atoms with E-state index in [0.717, 1.165) is 17.7 Å². The molecule has 0 fully saturated rings. The number of aromatic nitrogens is 3. The maximum absolute atomic E-state index is 12.3. The van der Waals surface area contributed by atoms with E-state index in [4.69, 9.17) is 0 Å². The van der Waals surface area contributed by atoms with E-state index in [1.165, 1.54) is 24.5 Å². The van der Waals surface area contributed by atoms with E-state index in [9.17, 15) is 18.0 Å². The number of benzene rings is 1. The predicted molar refractivity (Wildman–Crippen MR) is 89.6 cm³/mol. The van der Waals surface area contributed by atoms with Crippen molar-refractivity contribution in [3.8, 4) is 17.0 Å². The van der Waals surface area contributed by atoms with Crippen LogP contribution in [-0.4, -0.2) is 27.2 Å². The molecule has 3 rings (SSSR count). The van der Waals surface area contributed by atoms with Crippen molar-refractivity contribution in [1.82, 2.24) is 20.3 Å². The molecule has 1 amide bonds. The summed E-state index contributed by atoms with van der Waals surface area (Å²) in [5, 5.41) is 2.62. The van der Waals surface area contributed by atoms with Gasteiger partial charge in [0.25, 0.3) is 5.91 Å². The number of ether oxygens (including phenoxy) is 1. The lowest BCUT2D eigenvalue weighted by atomic mass is 10.1. The molecule has 27 heavy (non-hydrogen) atoms. The van der Waals surface area contributed by atoms with Crippen LogP contribution in [0.4, 0.5) is 13.2 Å². The topological polar surface area (TPSA) is 77.0 Å². The van der Waals surface area contributed by atoms with Crippen LogP contribution in [-0.2, 0) is 6.54 Å². The van der Waals surface area contributed by atoms with Gasteiger partial charge in [-0.05, 0) is 30.3 Å². The maximum atomic E-state index is 12.3. The molecular weight excluding hydrogens is 361 g/mol. The van der Waals surface area contributed by atoms with Gasteiger partial charge in [0.05, 0.1) is 17.9 Å². The van der Waals surface area contributed by atoms with Gasteiger partial charge in [0.2, 0.25) is 0 Å². The second-order valence-corrected chi connectivity index (χ2v) is 5.35. The Labute approximate surface area is 152 Å². The second-order valence-electron chi connectivity index (χ2n) is 5.35. The third kappa shape index (κ3) is 5.00. The highest BCUT2D eigenvalue weighted by atomic mass is 19.4. The largest absolute Gasteiger partial charge is 0.573 e. The summed E-state index contributed by atoms with van der Waals surface area (Å²) < 4.78 is 40.7. The Bertz CT molecular complexity index is 933. The van der Waals surface area contributed by atoms with Crippen molar-refractivity contribution in [3.05, 3.63) is 72.4 Å². The van der Waals surface area contributed by atoms with Crippen molar-refractivity contribution in [2.24, 2.45) is 0 Å². The van der Waals surface area contributed by atoms with E-state index in [1.807, 2.05) is 0 Å². The molecule has 2 aromatic heterocycles. The Morgan fingerprint density at radius 1 is 1.07 bits per heavy atom. The van der Waals surface area contributed by atoms with Gasteiger partial charge in [-0.25, -0.2) is 0 Å². The Morgan fingerprint density at radius 3 is 2.63 bits per heavy atom. The van der Waals surface area contributed by atoms with E-state index in [-0.39, 0.29) is 12.1 Å². The average molecular weight is 374 g/mol. The summed E-state index contributed by atoms with van der Waals surface area (Å²) in [6.07, 6.45) is 1.42. The quantitative estimate of drug-likeness (QED) is 0.741. The normalized spacial score (nSPS) is 11.1. The van der Waals surface area contributed by atoms with Crippen molar-refractivity contribution in [2.45, 2.75) is 12.9 Å². The summed E-state index contributed by atoms with van der Waals surface area (Å²) in [6.45, 7) is 0.0429. The molecule has 0 spiro atoms. The molecule has 6 nitrogen and oxygen atoms in total. The lowest BCUT2D eigenvalue weighted by molar-refractivity contribution is -0.274. The van der Waals surface area contributed by atoms with Crippen LogP contribution in [0.5, 0.6) is 5.75 Å². The molecule has 0 bridgehead atoms. The first-order valence-corrected chi connectivity index (χ1v) is 7.77. The first-order valence-electron chi connectivity index (χ1n) is 7.77. The fourth-order valence-electron chi connectivity index (χ4n) is 2.34. The molecule has 0 atom stereocenters. The van der Waals surface area contributed by atoms with E-state index in [2.05, 4.69) is 25.0 Å². The van der Waals surface area contributed by atoms with Crippen LogP contribution >= 0.6 is 0 Å². The van der Waals surface area contributed by atoms with Gasteiger partial charge in [0.15, 0.2) is 0 Å².